The van der Waals surface area contributed by atoms with Crippen LogP contribution in [0.3, 0.4) is 0 Å². The summed E-state index contributed by atoms with van der Waals surface area (Å²) < 4.78 is 0. The summed E-state index contributed by atoms with van der Waals surface area (Å²) in [7, 11) is 0. The van der Waals surface area contributed by atoms with Crippen LogP contribution in [0.2, 0.25) is 10.3 Å². The van der Waals surface area contributed by atoms with E-state index in [0.29, 0.717) is 22.5 Å². The highest BCUT2D eigenvalue weighted by Gasteiger charge is 2.05. The second-order valence-corrected chi connectivity index (χ2v) is 4.24. The van der Waals surface area contributed by atoms with Gasteiger partial charge in [-0.1, -0.05) is 29.3 Å². The number of halogens is 2. The summed E-state index contributed by atoms with van der Waals surface area (Å²) in [6, 6.07) is 5.54. The van der Waals surface area contributed by atoms with Crippen LogP contribution >= 0.6 is 23.2 Å². The minimum atomic E-state index is 0.294. The van der Waals surface area contributed by atoms with Gasteiger partial charge in [-0.05, 0) is 18.6 Å². The number of pyridine rings is 1. The molecule has 0 unspecified atom stereocenters. The number of hydrogen-bond acceptors (Lipinski definition) is 4. The van der Waals surface area contributed by atoms with Crippen molar-refractivity contribution in [2.24, 2.45) is 0 Å². The van der Waals surface area contributed by atoms with Gasteiger partial charge in [0.2, 0.25) is 0 Å². The monoisotopic (exact) mass is 268 g/mol. The molecule has 2 heterocycles. The first-order valence-electron chi connectivity index (χ1n) is 5.00. The van der Waals surface area contributed by atoms with Crippen molar-refractivity contribution in [3.05, 3.63) is 46.0 Å². The Morgan fingerprint density at radius 1 is 1.29 bits per heavy atom. The topological polar surface area (TPSA) is 50.7 Å². The molecule has 17 heavy (non-hydrogen) atoms. The molecule has 0 spiro atoms. The summed E-state index contributed by atoms with van der Waals surface area (Å²) in [5, 5.41) is 11.1. The molecule has 6 heteroatoms. The first-order valence-corrected chi connectivity index (χ1v) is 5.75. The normalized spacial score (nSPS) is 10.3. The smallest absolute Gasteiger partial charge is 0.174 e. The molecule has 88 valence electrons. The fraction of sp³-hybridized carbons (Fsp3) is 0.182. The molecule has 2 rings (SSSR count). The standard InChI is InChI=1S/C11H10Cl2N4/c1-7-3-2-4-14-9(7)6-15-8-5-10(12)16-17-11(8)13/h2-5H,6H2,1H3,(H,15,16). The molecule has 2 aromatic heterocycles. The van der Waals surface area contributed by atoms with Crippen LogP contribution in [0.15, 0.2) is 24.4 Å². The summed E-state index contributed by atoms with van der Waals surface area (Å²) in [5.74, 6) is 0. The molecule has 0 atom stereocenters. The highest BCUT2D eigenvalue weighted by Crippen LogP contribution is 2.21. The molecule has 0 amide bonds. The van der Waals surface area contributed by atoms with Crippen molar-refractivity contribution in [3.8, 4) is 0 Å². The molecule has 4 nitrogen and oxygen atoms in total. The number of rotatable bonds is 3. The van der Waals surface area contributed by atoms with Crippen LogP contribution in [0.25, 0.3) is 0 Å². The number of aryl methyl sites for hydroxylation is 1. The summed E-state index contributed by atoms with van der Waals surface area (Å²) >= 11 is 11.6. The van der Waals surface area contributed by atoms with Crippen molar-refractivity contribution in [3.63, 3.8) is 0 Å². The predicted molar refractivity (Wildman–Crippen MR) is 68.4 cm³/mol. The van der Waals surface area contributed by atoms with E-state index in [0.717, 1.165) is 11.3 Å². The average Bonchev–Trinajstić information content (AvgIpc) is 2.32. The van der Waals surface area contributed by atoms with Gasteiger partial charge >= 0.3 is 0 Å². The van der Waals surface area contributed by atoms with Crippen LogP contribution in [0.4, 0.5) is 5.69 Å². The molecule has 0 aliphatic heterocycles. The lowest BCUT2D eigenvalue weighted by Crippen LogP contribution is -2.04. The zero-order valence-electron chi connectivity index (χ0n) is 9.11. The van der Waals surface area contributed by atoms with Crippen LogP contribution in [0.1, 0.15) is 11.3 Å². The molecule has 2 aromatic rings. The molecular weight excluding hydrogens is 259 g/mol. The Balaban J connectivity index is 2.12. The summed E-state index contributed by atoms with van der Waals surface area (Å²) in [6.07, 6.45) is 1.75. The third-order valence-corrected chi connectivity index (χ3v) is 2.75. The minimum absolute atomic E-state index is 0.294. The zero-order chi connectivity index (χ0) is 12.3. The molecular formula is C11H10Cl2N4. The maximum absolute atomic E-state index is 5.89. The predicted octanol–water partition coefficient (Wildman–Crippen LogP) is 3.10. The van der Waals surface area contributed by atoms with Gasteiger partial charge < -0.3 is 5.32 Å². The number of aromatic nitrogens is 3. The van der Waals surface area contributed by atoms with E-state index >= 15 is 0 Å². The molecule has 0 aliphatic carbocycles. The fourth-order valence-electron chi connectivity index (χ4n) is 1.36. The third-order valence-electron chi connectivity index (χ3n) is 2.28. The van der Waals surface area contributed by atoms with Crippen LogP contribution in [0, 0.1) is 6.92 Å². The van der Waals surface area contributed by atoms with Crippen molar-refractivity contribution in [2.75, 3.05) is 5.32 Å². The third kappa shape index (κ3) is 3.05. The van der Waals surface area contributed by atoms with Gasteiger partial charge in [0.05, 0.1) is 17.9 Å². The van der Waals surface area contributed by atoms with E-state index in [1.54, 1.807) is 12.3 Å². The largest absolute Gasteiger partial charge is 0.377 e. The van der Waals surface area contributed by atoms with E-state index in [-0.39, 0.29) is 0 Å². The second kappa shape index (κ2) is 5.29. The van der Waals surface area contributed by atoms with Crippen LogP contribution < -0.4 is 5.32 Å². The van der Waals surface area contributed by atoms with Crippen LogP contribution in [-0.4, -0.2) is 15.2 Å². The van der Waals surface area contributed by atoms with Gasteiger partial charge in [-0.15, -0.1) is 10.2 Å². The quantitative estimate of drug-likeness (QED) is 0.930. The lowest BCUT2D eigenvalue weighted by molar-refractivity contribution is 0.992. The SMILES string of the molecule is Cc1cccnc1CNc1cc(Cl)nnc1Cl. The lowest BCUT2D eigenvalue weighted by atomic mass is 10.2. The van der Waals surface area contributed by atoms with Crippen molar-refractivity contribution < 1.29 is 0 Å². The first-order chi connectivity index (χ1) is 8.16. The Labute approximate surface area is 109 Å². The lowest BCUT2D eigenvalue weighted by Gasteiger charge is -2.08. The number of hydrogen-bond donors (Lipinski definition) is 1. The van der Waals surface area contributed by atoms with Gasteiger partial charge in [0.25, 0.3) is 0 Å². The maximum Gasteiger partial charge on any atom is 0.174 e. The van der Waals surface area contributed by atoms with E-state index in [2.05, 4.69) is 20.5 Å². The van der Waals surface area contributed by atoms with E-state index in [1.165, 1.54) is 0 Å². The van der Waals surface area contributed by atoms with Crippen molar-refractivity contribution >= 4 is 28.9 Å². The fourth-order valence-corrected chi connectivity index (χ4v) is 1.67. The van der Waals surface area contributed by atoms with Crippen LogP contribution in [0.5, 0.6) is 0 Å². The number of nitrogens with zero attached hydrogens (tertiary/aromatic N) is 3. The van der Waals surface area contributed by atoms with Crippen molar-refractivity contribution in [1.82, 2.24) is 15.2 Å². The Morgan fingerprint density at radius 3 is 2.88 bits per heavy atom. The molecule has 1 N–H and O–H groups in total. The maximum atomic E-state index is 5.89. The Hall–Kier alpha value is -1.39. The number of anilines is 1. The minimum Gasteiger partial charge on any atom is -0.377 e. The molecule has 0 saturated heterocycles. The van der Waals surface area contributed by atoms with Crippen molar-refractivity contribution in [2.45, 2.75) is 13.5 Å². The first kappa shape index (κ1) is 12.1. The van der Waals surface area contributed by atoms with E-state index in [9.17, 15) is 0 Å². The van der Waals surface area contributed by atoms with E-state index in [1.807, 2.05) is 19.1 Å². The summed E-state index contributed by atoms with van der Waals surface area (Å²) in [5.41, 5.74) is 2.72. The molecule has 0 aliphatic rings. The van der Waals surface area contributed by atoms with E-state index in [4.69, 9.17) is 23.2 Å². The zero-order valence-corrected chi connectivity index (χ0v) is 10.6. The molecule has 0 saturated carbocycles. The molecule has 0 fully saturated rings. The van der Waals surface area contributed by atoms with Gasteiger partial charge in [-0.3, -0.25) is 4.98 Å². The Kier molecular flexibility index (Phi) is 3.76. The second-order valence-electron chi connectivity index (χ2n) is 3.49. The molecule has 0 radical (unpaired) electrons. The van der Waals surface area contributed by atoms with Gasteiger partial charge in [0, 0.05) is 12.3 Å². The van der Waals surface area contributed by atoms with Gasteiger partial charge in [-0.25, -0.2) is 0 Å². The Bertz CT molecular complexity index is 531. The van der Waals surface area contributed by atoms with E-state index < -0.39 is 0 Å². The van der Waals surface area contributed by atoms with Crippen molar-refractivity contribution in [1.29, 1.82) is 0 Å². The highest BCUT2D eigenvalue weighted by atomic mass is 35.5. The Morgan fingerprint density at radius 2 is 2.12 bits per heavy atom. The summed E-state index contributed by atoms with van der Waals surface area (Å²) in [4.78, 5) is 4.27. The van der Waals surface area contributed by atoms with Gasteiger partial charge in [0.15, 0.2) is 10.3 Å². The molecule has 0 bridgehead atoms. The molecule has 0 aromatic carbocycles. The summed E-state index contributed by atoms with van der Waals surface area (Å²) in [6.45, 7) is 2.57. The van der Waals surface area contributed by atoms with Gasteiger partial charge in [-0.2, -0.15) is 0 Å². The number of nitrogens with one attached hydrogen (secondary N) is 1. The highest BCUT2D eigenvalue weighted by molar-refractivity contribution is 6.33. The average molecular weight is 269 g/mol. The van der Waals surface area contributed by atoms with Crippen LogP contribution in [-0.2, 0) is 6.54 Å². The van der Waals surface area contributed by atoms with Gasteiger partial charge in [0.1, 0.15) is 0 Å².